The molecule has 26 heavy (non-hydrogen) atoms. The van der Waals surface area contributed by atoms with Crippen LogP contribution in [-0.2, 0) is 11.2 Å². The average Bonchev–Trinajstić information content (AvgIpc) is 2.56. The maximum Gasteiger partial charge on any atom is 0.306 e. The summed E-state index contributed by atoms with van der Waals surface area (Å²) < 4.78 is 13.3. The van der Waals surface area contributed by atoms with Crippen molar-refractivity contribution >= 4 is 28.7 Å². The van der Waals surface area contributed by atoms with Gasteiger partial charge in [-0.1, -0.05) is 0 Å². The van der Waals surface area contributed by atoms with Crippen molar-refractivity contribution in [2.24, 2.45) is 0 Å². The SMILES string of the molecule is O=C(Cc1ccc([N+](=O)[O-])cc1[N+](=O)[O-])Nc1ccc(F)c([N+](=O)[O-])c1. The second kappa shape index (κ2) is 7.29. The molecule has 11 nitrogen and oxygen atoms in total. The molecule has 0 fully saturated rings. The molecule has 0 saturated heterocycles. The lowest BCUT2D eigenvalue weighted by Gasteiger charge is -2.06. The Kier molecular flexibility index (Phi) is 5.15. The van der Waals surface area contributed by atoms with Gasteiger partial charge in [0.2, 0.25) is 11.7 Å². The van der Waals surface area contributed by atoms with Crippen molar-refractivity contribution in [1.29, 1.82) is 0 Å². The third-order valence-electron chi connectivity index (χ3n) is 3.25. The lowest BCUT2D eigenvalue weighted by atomic mass is 10.1. The first-order chi connectivity index (χ1) is 12.2. The highest BCUT2D eigenvalue weighted by atomic mass is 19.1. The topological polar surface area (TPSA) is 159 Å². The molecule has 0 spiro atoms. The van der Waals surface area contributed by atoms with Crippen molar-refractivity contribution in [3.05, 3.63) is 78.1 Å². The third-order valence-corrected chi connectivity index (χ3v) is 3.25. The number of nitro benzene ring substituents is 3. The predicted octanol–water partition coefficient (Wildman–Crippen LogP) is 2.73. The molecule has 1 N–H and O–H groups in total. The summed E-state index contributed by atoms with van der Waals surface area (Å²) in [6.45, 7) is 0. The van der Waals surface area contributed by atoms with Crippen molar-refractivity contribution < 1.29 is 24.0 Å². The van der Waals surface area contributed by atoms with Crippen molar-refractivity contribution in [1.82, 2.24) is 0 Å². The van der Waals surface area contributed by atoms with E-state index >= 15 is 0 Å². The number of anilines is 1. The minimum atomic E-state index is -1.08. The molecule has 0 aliphatic heterocycles. The van der Waals surface area contributed by atoms with Gasteiger partial charge in [-0.15, -0.1) is 0 Å². The lowest BCUT2D eigenvalue weighted by molar-refractivity contribution is -0.394. The van der Waals surface area contributed by atoms with Gasteiger partial charge < -0.3 is 5.32 Å². The molecule has 12 heteroatoms. The Morgan fingerprint density at radius 2 is 1.58 bits per heavy atom. The number of rotatable bonds is 6. The van der Waals surface area contributed by atoms with Crippen LogP contribution in [0.5, 0.6) is 0 Å². The number of carbonyl (C=O) groups excluding carboxylic acids is 1. The molecule has 0 radical (unpaired) electrons. The minimum absolute atomic E-state index is 0.0762. The number of nitrogens with zero attached hydrogens (tertiary/aromatic N) is 3. The maximum atomic E-state index is 13.3. The van der Waals surface area contributed by atoms with E-state index < -0.39 is 50.0 Å². The van der Waals surface area contributed by atoms with Gasteiger partial charge in [0, 0.05) is 23.4 Å². The van der Waals surface area contributed by atoms with Gasteiger partial charge in [-0.3, -0.25) is 35.1 Å². The highest BCUT2D eigenvalue weighted by Crippen LogP contribution is 2.26. The average molecular weight is 364 g/mol. The molecule has 0 heterocycles. The maximum absolute atomic E-state index is 13.3. The fraction of sp³-hybridized carbons (Fsp3) is 0.0714. The zero-order valence-corrected chi connectivity index (χ0v) is 12.7. The van der Waals surface area contributed by atoms with E-state index in [0.717, 1.165) is 36.4 Å². The minimum Gasteiger partial charge on any atom is -0.326 e. The number of non-ortho nitro benzene ring substituents is 1. The van der Waals surface area contributed by atoms with Gasteiger partial charge >= 0.3 is 5.69 Å². The van der Waals surface area contributed by atoms with Crippen LogP contribution in [-0.4, -0.2) is 20.7 Å². The largest absolute Gasteiger partial charge is 0.326 e. The van der Waals surface area contributed by atoms with Gasteiger partial charge in [0.1, 0.15) is 0 Å². The van der Waals surface area contributed by atoms with Crippen LogP contribution in [0, 0.1) is 36.2 Å². The summed E-state index contributed by atoms with van der Waals surface area (Å²) >= 11 is 0. The monoisotopic (exact) mass is 364 g/mol. The number of nitro groups is 3. The van der Waals surface area contributed by atoms with E-state index in [-0.39, 0.29) is 11.3 Å². The van der Waals surface area contributed by atoms with Gasteiger partial charge in [-0.05, 0) is 18.2 Å². The number of halogens is 1. The zero-order valence-electron chi connectivity index (χ0n) is 12.7. The first-order valence-corrected chi connectivity index (χ1v) is 6.84. The highest BCUT2D eigenvalue weighted by molar-refractivity contribution is 5.93. The number of benzene rings is 2. The van der Waals surface area contributed by atoms with E-state index in [2.05, 4.69) is 5.32 Å². The summed E-state index contributed by atoms with van der Waals surface area (Å²) in [5, 5.41) is 34.6. The van der Waals surface area contributed by atoms with Gasteiger partial charge in [0.05, 0.1) is 27.3 Å². The summed E-state index contributed by atoms with van der Waals surface area (Å²) in [5.41, 5.74) is -2.12. The summed E-state index contributed by atoms with van der Waals surface area (Å²) in [5.74, 6) is -1.86. The first kappa shape index (κ1) is 18.4. The third kappa shape index (κ3) is 4.11. The molecule has 1 amide bonds. The lowest BCUT2D eigenvalue weighted by Crippen LogP contribution is -2.15. The summed E-state index contributed by atoms with van der Waals surface area (Å²) in [4.78, 5) is 41.8. The molecule has 0 atom stereocenters. The summed E-state index contributed by atoms with van der Waals surface area (Å²) in [6, 6.07) is 5.50. The molecule has 0 aliphatic rings. The molecular formula is C14H9FN4O7. The number of hydrogen-bond acceptors (Lipinski definition) is 7. The van der Waals surface area contributed by atoms with Crippen LogP contribution < -0.4 is 5.32 Å². The molecule has 0 bridgehead atoms. The number of nitrogens with one attached hydrogen (secondary N) is 1. The quantitative estimate of drug-likeness (QED) is 0.609. The smallest absolute Gasteiger partial charge is 0.306 e. The standard InChI is InChI=1S/C14H9FN4O7/c15-11-4-2-9(6-13(11)19(25)26)16-14(20)5-8-1-3-10(17(21)22)7-12(8)18(23)24/h1-4,6-7H,5H2,(H,16,20). The number of amides is 1. The van der Waals surface area contributed by atoms with E-state index in [0.29, 0.717) is 0 Å². The van der Waals surface area contributed by atoms with Crippen LogP contribution >= 0.6 is 0 Å². The molecule has 134 valence electrons. The van der Waals surface area contributed by atoms with Gasteiger partial charge in [0.15, 0.2) is 0 Å². The Hall–Kier alpha value is -3.96. The Labute approximate surface area is 143 Å². The number of hydrogen-bond donors (Lipinski definition) is 1. The van der Waals surface area contributed by atoms with E-state index in [1.807, 2.05) is 0 Å². The molecule has 0 aromatic heterocycles. The van der Waals surface area contributed by atoms with Gasteiger partial charge in [0.25, 0.3) is 11.4 Å². The van der Waals surface area contributed by atoms with Crippen LogP contribution in [0.1, 0.15) is 5.56 Å². The Bertz CT molecular complexity index is 932. The van der Waals surface area contributed by atoms with Crippen molar-refractivity contribution in [2.45, 2.75) is 6.42 Å². The second-order valence-electron chi connectivity index (χ2n) is 4.98. The molecular weight excluding hydrogens is 355 g/mol. The molecule has 0 aliphatic carbocycles. The van der Waals surface area contributed by atoms with Gasteiger partial charge in [-0.25, -0.2) is 0 Å². The fourth-order valence-corrected chi connectivity index (χ4v) is 2.09. The van der Waals surface area contributed by atoms with E-state index in [1.54, 1.807) is 0 Å². The Balaban J connectivity index is 2.23. The van der Waals surface area contributed by atoms with E-state index in [1.165, 1.54) is 0 Å². The van der Waals surface area contributed by atoms with Crippen molar-refractivity contribution in [3.8, 4) is 0 Å². The van der Waals surface area contributed by atoms with Crippen LogP contribution in [0.15, 0.2) is 36.4 Å². The zero-order chi connectivity index (χ0) is 19.4. The predicted molar refractivity (Wildman–Crippen MR) is 85.1 cm³/mol. The summed E-state index contributed by atoms with van der Waals surface area (Å²) in [6.07, 6.45) is -0.514. The molecule has 0 unspecified atom stereocenters. The van der Waals surface area contributed by atoms with Crippen LogP contribution in [0.2, 0.25) is 0 Å². The Morgan fingerprint density at radius 1 is 0.923 bits per heavy atom. The number of carbonyl (C=O) groups is 1. The second-order valence-corrected chi connectivity index (χ2v) is 4.98. The van der Waals surface area contributed by atoms with Gasteiger partial charge in [-0.2, -0.15) is 4.39 Å². The molecule has 2 aromatic carbocycles. The Morgan fingerprint density at radius 3 is 2.15 bits per heavy atom. The molecule has 2 aromatic rings. The summed E-state index contributed by atoms with van der Waals surface area (Å²) in [7, 11) is 0. The van der Waals surface area contributed by atoms with Crippen LogP contribution in [0.4, 0.5) is 27.1 Å². The first-order valence-electron chi connectivity index (χ1n) is 6.84. The van der Waals surface area contributed by atoms with Crippen LogP contribution in [0.25, 0.3) is 0 Å². The molecule has 0 saturated carbocycles. The van der Waals surface area contributed by atoms with E-state index in [9.17, 15) is 39.5 Å². The van der Waals surface area contributed by atoms with Crippen LogP contribution in [0.3, 0.4) is 0 Å². The normalized spacial score (nSPS) is 10.2. The fourth-order valence-electron chi connectivity index (χ4n) is 2.09. The van der Waals surface area contributed by atoms with Crippen molar-refractivity contribution in [2.75, 3.05) is 5.32 Å². The van der Waals surface area contributed by atoms with E-state index in [4.69, 9.17) is 0 Å². The molecule has 2 rings (SSSR count). The highest BCUT2D eigenvalue weighted by Gasteiger charge is 2.22. The van der Waals surface area contributed by atoms with Crippen molar-refractivity contribution in [3.63, 3.8) is 0 Å².